The second kappa shape index (κ2) is 6.78. The minimum Gasteiger partial charge on any atom is -0.309 e. The first-order valence-corrected chi connectivity index (χ1v) is 11.1. The molecule has 0 aromatic heterocycles. The van der Waals surface area contributed by atoms with Crippen LogP contribution in [0.5, 0.6) is 0 Å². The van der Waals surface area contributed by atoms with Crippen LogP contribution in [0.3, 0.4) is 0 Å². The lowest BCUT2D eigenvalue weighted by Gasteiger charge is -2.16. The Bertz CT molecular complexity index is 1280. The van der Waals surface area contributed by atoms with Crippen molar-refractivity contribution in [1.29, 1.82) is 0 Å². The van der Waals surface area contributed by atoms with Crippen LogP contribution in [0.1, 0.15) is 11.1 Å². The van der Waals surface area contributed by atoms with Gasteiger partial charge in [-0.15, -0.1) is 0 Å². The maximum absolute atomic E-state index is 14.3. The van der Waals surface area contributed by atoms with E-state index < -0.39 is 7.14 Å². The number of hydrogen-bond donors (Lipinski definition) is 0. The van der Waals surface area contributed by atoms with Gasteiger partial charge in [-0.1, -0.05) is 109 Å². The monoisotopic (exact) mass is 378 g/mol. The molecule has 1 aliphatic rings. The van der Waals surface area contributed by atoms with E-state index in [0.29, 0.717) is 0 Å². The summed E-state index contributed by atoms with van der Waals surface area (Å²) in [5.41, 5.74) is 2.18. The van der Waals surface area contributed by atoms with Gasteiger partial charge in [-0.25, -0.2) is 0 Å². The van der Waals surface area contributed by atoms with E-state index >= 15 is 0 Å². The molecule has 1 aliphatic heterocycles. The summed E-state index contributed by atoms with van der Waals surface area (Å²) in [5, 5.41) is 5.10. The van der Waals surface area contributed by atoms with E-state index in [1.54, 1.807) is 0 Å². The summed E-state index contributed by atoms with van der Waals surface area (Å²) < 4.78 is 14.3. The first-order valence-electron chi connectivity index (χ1n) is 9.40. The van der Waals surface area contributed by atoms with Crippen molar-refractivity contribution < 1.29 is 4.57 Å². The summed E-state index contributed by atoms with van der Waals surface area (Å²) in [7, 11) is -2.85. The third-order valence-corrected chi connectivity index (χ3v) is 8.44. The van der Waals surface area contributed by atoms with E-state index in [1.807, 2.05) is 60.7 Å². The van der Waals surface area contributed by atoms with Gasteiger partial charge in [0.05, 0.1) is 0 Å². The number of allylic oxidation sites excluding steroid dienone is 2. The molecule has 2 heteroatoms. The molecule has 0 N–H and O–H groups in total. The molecular weight excluding hydrogens is 359 g/mol. The Hall–Kier alpha value is -3.15. The Morgan fingerprint density at radius 3 is 2.25 bits per heavy atom. The Balaban J connectivity index is 1.65. The van der Waals surface area contributed by atoms with Gasteiger partial charge in [-0.2, -0.15) is 0 Å². The molecule has 0 saturated carbocycles. The van der Waals surface area contributed by atoms with Crippen molar-refractivity contribution >= 4 is 40.7 Å². The van der Waals surface area contributed by atoms with Gasteiger partial charge in [-0.3, -0.25) is 0 Å². The van der Waals surface area contributed by atoms with Crippen molar-refractivity contribution in [1.82, 2.24) is 0 Å². The molecule has 0 saturated heterocycles. The first-order chi connectivity index (χ1) is 13.8. The normalized spacial score (nSPS) is 18.4. The highest BCUT2D eigenvalue weighted by Gasteiger charge is 2.36. The highest BCUT2D eigenvalue weighted by atomic mass is 31.2. The molecule has 1 heterocycles. The molecule has 0 aliphatic carbocycles. The fourth-order valence-electron chi connectivity index (χ4n) is 3.94. The predicted octanol–water partition coefficient (Wildman–Crippen LogP) is 6.22. The lowest BCUT2D eigenvalue weighted by atomic mass is 10.0. The standard InChI is InChI=1S/C26H19OP/c27-28(23-13-2-1-3-14-23)24(19-22-10-5-7-16-26(22)28)18-17-21-12-8-11-20-9-4-6-15-25(20)21/h1-19H/b18-17+/t28-/m1/s1. The maximum atomic E-state index is 14.3. The van der Waals surface area contributed by atoms with Crippen molar-refractivity contribution in [3.8, 4) is 0 Å². The molecule has 0 radical (unpaired) electrons. The third kappa shape index (κ3) is 2.68. The van der Waals surface area contributed by atoms with E-state index in [-0.39, 0.29) is 0 Å². The molecule has 4 aromatic carbocycles. The smallest absolute Gasteiger partial charge is 0.171 e. The zero-order chi connectivity index (χ0) is 19.0. The topological polar surface area (TPSA) is 17.1 Å². The molecule has 4 aromatic rings. The SMILES string of the molecule is O=[P@]1(c2ccccc2)C(/C=C/c2cccc3ccccc23)=Cc2ccccc21. The van der Waals surface area contributed by atoms with Crippen LogP contribution in [0.25, 0.3) is 22.9 Å². The van der Waals surface area contributed by atoms with Crippen molar-refractivity contribution in [3.63, 3.8) is 0 Å². The lowest BCUT2D eigenvalue weighted by Crippen LogP contribution is -2.15. The Kier molecular flexibility index (Phi) is 4.11. The van der Waals surface area contributed by atoms with Crippen LogP contribution in [0.2, 0.25) is 0 Å². The highest BCUT2D eigenvalue weighted by Crippen LogP contribution is 2.57. The fourth-order valence-corrected chi connectivity index (χ4v) is 6.79. The van der Waals surface area contributed by atoms with Gasteiger partial charge in [-0.05, 0) is 28.0 Å². The average molecular weight is 378 g/mol. The van der Waals surface area contributed by atoms with Gasteiger partial charge in [0.1, 0.15) is 0 Å². The third-order valence-electron chi connectivity index (χ3n) is 5.32. The molecule has 0 unspecified atom stereocenters. The van der Waals surface area contributed by atoms with E-state index in [2.05, 4.69) is 54.6 Å². The minimum absolute atomic E-state index is 0.882. The van der Waals surface area contributed by atoms with Gasteiger partial charge in [0.15, 0.2) is 7.14 Å². The van der Waals surface area contributed by atoms with E-state index in [0.717, 1.165) is 27.1 Å². The van der Waals surface area contributed by atoms with E-state index in [1.165, 1.54) is 10.8 Å². The largest absolute Gasteiger partial charge is 0.309 e. The number of hydrogen-bond acceptors (Lipinski definition) is 1. The second-order valence-corrected chi connectivity index (χ2v) is 9.71. The molecule has 134 valence electrons. The molecule has 1 atom stereocenters. The number of benzene rings is 4. The summed E-state index contributed by atoms with van der Waals surface area (Å²) in [4.78, 5) is 0. The molecular formula is C26H19OP. The Morgan fingerprint density at radius 2 is 1.36 bits per heavy atom. The van der Waals surface area contributed by atoms with E-state index in [4.69, 9.17) is 0 Å². The van der Waals surface area contributed by atoms with Crippen molar-refractivity contribution in [2.24, 2.45) is 0 Å². The van der Waals surface area contributed by atoms with E-state index in [9.17, 15) is 4.57 Å². The molecule has 0 amide bonds. The first kappa shape index (κ1) is 17.0. The summed E-state index contributed by atoms with van der Waals surface area (Å²) in [6, 6.07) is 32.5. The Labute approximate surface area is 165 Å². The number of rotatable bonds is 3. The molecule has 0 spiro atoms. The molecule has 5 rings (SSSR count). The highest BCUT2D eigenvalue weighted by molar-refractivity contribution is 7.83. The fraction of sp³-hybridized carbons (Fsp3) is 0. The van der Waals surface area contributed by atoms with Crippen LogP contribution in [0.4, 0.5) is 0 Å². The molecule has 0 bridgehead atoms. The predicted molar refractivity (Wildman–Crippen MR) is 121 cm³/mol. The summed E-state index contributed by atoms with van der Waals surface area (Å²) >= 11 is 0. The van der Waals surface area contributed by atoms with Gasteiger partial charge >= 0.3 is 0 Å². The van der Waals surface area contributed by atoms with Crippen molar-refractivity contribution in [3.05, 3.63) is 120 Å². The quantitative estimate of drug-likeness (QED) is 0.387. The summed E-state index contributed by atoms with van der Waals surface area (Å²) in [6.45, 7) is 0. The van der Waals surface area contributed by atoms with Gasteiger partial charge in [0, 0.05) is 15.9 Å². The van der Waals surface area contributed by atoms with Crippen molar-refractivity contribution in [2.45, 2.75) is 0 Å². The Morgan fingerprint density at radius 1 is 0.643 bits per heavy atom. The summed E-state index contributed by atoms with van der Waals surface area (Å²) in [6.07, 6.45) is 6.20. The van der Waals surface area contributed by atoms with Gasteiger partial charge < -0.3 is 4.57 Å². The summed E-state index contributed by atoms with van der Waals surface area (Å²) in [5.74, 6) is 0. The minimum atomic E-state index is -2.85. The van der Waals surface area contributed by atoms with Crippen LogP contribution in [0, 0.1) is 0 Å². The second-order valence-electron chi connectivity index (χ2n) is 6.97. The van der Waals surface area contributed by atoms with Crippen LogP contribution < -0.4 is 10.6 Å². The van der Waals surface area contributed by atoms with Crippen LogP contribution in [-0.4, -0.2) is 0 Å². The molecule has 28 heavy (non-hydrogen) atoms. The maximum Gasteiger partial charge on any atom is 0.171 e. The van der Waals surface area contributed by atoms with Gasteiger partial charge in [0.2, 0.25) is 0 Å². The van der Waals surface area contributed by atoms with Crippen molar-refractivity contribution in [2.75, 3.05) is 0 Å². The number of fused-ring (bicyclic) bond motifs is 2. The van der Waals surface area contributed by atoms with Crippen LogP contribution in [0.15, 0.2) is 108 Å². The zero-order valence-electron chi connectivity index (χ0n) is 15.3. The van der Waals surface area contributed by atoms with Crippen LogP contribution in [-0.2, 0) is 4.57 Å². The zero-order valence-corrected chi connectivity index (χ0v) is 16.2. The molecule has 1 nitrogen and oxygen atoms in total. The lowest BCUT2D eigenvalue weighted by molar-refractivity contribution is 0.591. The molecule has 0 fully saturated rings. The average Bonchev–Trinajstić information content (AvgIpc) is 3.06. The van der Waals surface area contributed by atoms with Gasteiger partial charge in [0.25, 0.3) is 0 Å². The van der Waals surface area contributed by atoms with Crippen LogP contribution >= 0.6 is 7.14 Å².